The number of carbonyl (C=O) groups excluding carboxylic acids is 5. The van der Waals surface area contributed by atoms with Gasteiger partial charge in [-0.2, -0.15) is 13.2 Å². The number of rotatable bonds is 24. The predicted octanol–water partition coefficient (Wildman–Crippen LogP) is 7.28. The van der Waals surface area contributed by atoms with Gasteiger partial charge in [-0.25, -0.2) is 0 Å². The first-order valence-electron chi connectivity index (χ1n) is 27.6. The zero-order valence-corrected chi connectivity index (χ0v) is 46.3. The second-order valence-corrected chi connectivity index (χ2v) is 22.7. The first-order valence-corrected chi connectivity index (χ1v) is 28.4. The molecule has 3 N–H and O–H groups in total. The van der Waals surface area contributed by atoms with E-state index in [1.54, 1.807) is 35.3 Å². The van der Waals surface area contributed by atoms with Crippen LogP contribution in [0.5, 0.6) is 0 Å². The fourth-order valence-corrected chi connectivity index (χ4v) is 12.9. The highest BCUT2D eigenvalue weighted by molar-refractivity contribution is 9.10. The van der Waals surface area contributed by atoms with Crippen molar-refractivity contribution in [3.8, 4) is 0 Å². The minimum absolute atomic E-state index is 0.00488. The summed E-state index contributed by atoms with van der Waals surface area (Å²) in [6, 6.07) is 11.2. The Kier molecular flexibility index (Phi) is 20.2. The van der Waals surface area contributed by atoms with Crippen LogP contribution < -0.4 is 16.0 Å². The molecule has 2 aromatic heterocycles. The van der Waals surface area contributed by atoms with Crippen LogP contribution in [0.4, 0.5) is 13.2 Å². The summed E-state index contributed by atoms with van der Waals surface area (Å²) >= 11 is 3.65. The van der Waals surface area contributed by atoms with Crippen molar-refractivity contribution in [3.05, 3.63) is 93.0 Å². The van der Waals surface area contributed by atoms with Crippen molar-refractivity contribution in [3.63, 3.8) is 0 Å². The molecule has 8 rings (SSSR count). The number of aryl methyl sites for hydroxylation is 1. The Hall–Kier alpha value is -5.02. The van der Waals surface area contributed by atoms with Crippen LogP contribution in [0.1, 0.15) is 130 Å². The highest BCUT2D eigenvalue weighted by Gasteiger charge is 2.52. The van der Waals surface area contributed by atoms with Crippen LogP contribution in [0.2, 0.25) is 0 Å². The monoisotopic (exact) mass is 1140 g/mol. The Balaban J connectivity index is 0.703. The van der Waals surface area contributed by atoms with Crippen LogP contribution in [0.3, 0.4) is 0 Å². The van der Waals surface area contributed by atoms with E-state index in [1.807, 2.05) is 6.07 Å². The summed E-state index contributed by atoms with van der Waals surface area (Å²) in [5.74, 6) is -0.901. The minimum Gasteiger partial charge on any atom is -0.379 e. The molecule has 420 valence electrons. The summed E-state index contributed by atoms with van der Waals surface area (Å²) in [6.45, 7) is 8.24. The Bertz CT molecular complexity index is 2520. The van der Waals surface area contributed by atoms with Crippen LogP contribution in [0, 0.1) is 23.2 Å². The molecule has 5 amide bonds. The summed E-state index contributed by atoms with van der Waals surface area (Å²) in [6.07, 6.45) is 8.17. The van der Waals surface area contributed by atoms with Gasteiger partial charge in [-0.3, -0.25) is 38.8 Å². The molecule has 3 aromatic rings. The maximum absolute atomic E-state index is 14.7. The lowest BCUT2D eigenvalue weighted by molar-refractivity contribution is -0.146. The number of nitrogens with one attached hydrogen (secondary N) is 3. The zero-order chi connectivity index (χ0) is 54.7. The zero-order valence-electron chi connectivity index (χ0n) is 44.7. The summed E-state index contributed by atoms with van der Waals surface area (Å²) in [5, 5.41) is 9.21. The standard InChI is InChI=1S/C57H76BrF3N8O8/c1-37(2)56(55(74)68-23-16-48-41(36-68)30-42(35-65-48)57(59,60)61)18-15-45(33-56)69(49-14-9-39-31-43(58)10-13-46(39)49)22-5-20-63-53(72)38-7-11-44(12-8-38)66-50(70)17-24-75-26-28-77-29-27-76-25-21-64-54(73)47-32-51(71)67(3)52(47)40-6-4-19-62-34-40/h4,6,10,13,19,30-31,34-35,37-38,44-45,47,49,52H,5,7-9,11-12,14-18,20-29,32-33,36H2,1-3H3,(H,63,72)(H,64,73)(H,66,70)/t38?,44?,45-,47+,49-,52-,56+/m1/s1. The van der Waals surface area contributed by atoms with E-state index in [0.29, 0.717) is 96.0 Å². The Labute approximate surface area is 458 Å². The molecule has 1 aromatic carbocycles. The van der Waals surface area contributed by atoms with E-state index in [9.17, 15) is 37.1 Å². The molecule has 3 fully saturated rings. The molecule has 5 atom stereocenters. The van der Waals surface area contributed by atoms with Gasteiger partial charge in [0, 0.05) is 112 Å². The summed E-state index contributed by atoms with van der Waals surface area (Å²) in [7, 11) is 1.70. The molecule has 0 spiro atoms. The van der Waals surface area contributed by atoms with Crippen molar-refractivity contribution in [1.82, 2.24) is 40.6 Å². The number of halogens is 4. The summed E-state index contributed by atoms with van der Waals surface area (Å²) < 4.78 is 58.8. The quantitative estimate of drug-likeness (QED) is 0.0766. The smallest absolute Gasteiger partial charge is 0.379 e. The van der Waals surface area contributed by atoms with Crippen LogP contribution >= 0.6 is 15.9 Å². The molecule has 0 radical (unpaired) electrons. The van der Waals surface area contributed by atoms with Crippen molar-refractivity contribution in [2.45, 2.75) is 134 Å². The van der Waals surface area contributed by atoms with Crippen LogP contribution in [-0.2, 0) is 63.7 Å². The number of fused-ring (bicyclic) bond motifs is 2. The van der Waals surface area contributed by atoms with E-state index < -0.39 is 23.1 Å². The number of hydrogen-bond donors (Lipinski definition) is 3. The van der Waals surface area contributed by atoms with Crippen LogP contribution in [0.25, 0.3) is 0 Å². The lowest BCUT2D eigenvalue weighted by atomic mass is 9.73. The number of aromatic nitrogens is 2. The highest BCUT2D eigenvalue weighted by Crippen LogP contribution is 2.51. The normalized spacial score (nSPS) is 24.3. The molecule has 3 aliphatic carbocycles. The van der Waals surface area contributed by atoms with E-state index in [-0.39, 0.29) is 91.5 Å². The SMILES string of the molecule is CC(C)[C@]1(C(=O)N2CCc3ncc(C(F)(F)F)cc3C2)CC[C@@H](N(CCCNC(=O)C2CCC(NC(=O)CCOCCOCCOCCNC(=O)[C@H]3CC(=O)N(C)[C@@H]3c3cccnc3)CC2)[C@@H]2CCc3cc(Br)ccc32)C1. The fraction of sp³-hybridized carbons (Fsp3) is 0.632. The van der Waals surface area contributed by atoms with Crippen LogP contribution in [-0.4, -0.2) is 139 Å². The largest absolute Gasteiger partial charge is 0.417 e. The van der Waals surface area contributed by atoms with Gasteiger partial charge in [0.2, 0.25) is 29.5 Å². The van der Waals surface area contributed by atoms with E-state index >= 15 is 0 Å². The van der Waals surface area contributed by atoms with Crippen molar-refractivity contribution < 1.29 is 51.4 Å². The molecule has 0 unspecified atom stereocenters. The third-order valence-corrected chi connectivity index (χ3v) is 17.3. The Morgan fingerprint density at radius 1 is 0.883 bits per heavy atom. The van der Waals surface area contributed by atoms with Crippen molar-refractivity contribution in [1.29, 1.82) is 0 Å². The fourth-order valence-electron chi connectivity index (χ4n) is 12.5. The van der Waals surface area contributed by atoms with E-state index in [4.69, 9.17) is 14.2 Å². The number of hydrogen-bond acceptors (Lipinski definition) is 11. The molecular formula is C57H76BrF3N8O8. The maximum Gasteiger partial charge on any atom is 0.417 e. The molecule has 1 saturated heterocycles. The van der Waals surface area contributed by atoms with Gasteiger partial charge in [0.1, 0.15) is 0 Å². The topological polar surface area (TPSA) is 185 Å². The van der Waals surface area contributed by atoms with Gasteiger partial charge >= 0.3 is 6.18 Å². The number of carbonyl (C=O) groups is 5. The summed E-state index contributed by atoms with van der Waals surface area (Å²) in [4.78, 5) is 80.4. The second kappa shape index (κ2) is 26.8. The van der Waals surface area contributed by atoms with Gasteiger partial charge in [0.25, 0.3) is 0 Å². The third-order valence-electron chi connectivity index (χ3n) is 16.8. The number of ether oxygens (including phenoxy) is 3. The second-order valence-electron chi connectivity index (χ2n) is 21.8. The van der Waals surface area contributed by atoms with Gasteiger partial charge in [-0.15, -0.1) is 0 Å². The molecule has 16 nitrogen and oxygen atoms in total. The molecule has 5 aliphatic rings. The molecule has 4 heterocycles. The van der Waals surface area contributed by atoms with Gasteiger partial charge in [0.15, 0.2) is 0 Å². The molecule has 2 saturated carbocycles. The van der Waals surface area contributed by atoms with Gasteiger partial charge in [-0.1, -0.05) is 41.9 Å². The average Bonchev–Trinajstić information content (AvgIpc) is 4.20. The minimum atomic E-state index is -4.51. The van der Waals surface area contributed by atoms with E-state index in [2.05, 4.69) is 78.8 Å². The molecule has 2 aliphatic heterocycles. The number of pyridine rings is 2. The molecule has 0 bridgehead atoms. The van der Waals surface area contributed by atoms with Crippen LogP contribution in [0.15, 0.2) is 59.5 Å². The predicted molar refractivity (Wildman–Crippen MR) is 285 cm³/mol. The van der Waals surface area contributed by atoms with Gasteiger partial charge in [0.05, 0.1) is 62.6 Å². The van der Waals surface area contributed by atoms with E-state index in [1.165, 1.54) is 11.1 Å². The number of likely N-dealkylation sites (tertiary alicyclic amines) is 1. The van der Waals surface area contributed by atoms with E-state index in [0.717, 1.165) is 67.4 Å². The van der Waals surface area contributed by atoms with Gasteiger partial charge < -0.3 is 40.0 Å². The first-order chi connectivity index (χ1) is 37.0. The van der Waals surface area contributed by atoms with Crippen molar-refractivity contribution in [2.75, 3.05) is 72.9 Å². The van der Waals surface area contributed by atoms with Crippen molar-refractivity contribution >= 4 is 45.5 Å². The van der Waals surface area contributed by atoms with Crippen molar-refractivity contribution in [2.24, 2.45) is 23.2 Å². The highest BCUT2D eigenvalue weighted by atomic mass is 79.9. The molecule has 20 heteroatoms. The third kappa shape index (κ3) is 14.6. The number of benzene rings is 1. The number of amides is 5. The average molecular weight is 1140 g/mol. The maximum atomic E-state index is 14.7. The summed E-state index contributed by atoms with van der Waals surface area (Å²) in [5.41, 5.74) is 3.08. The number of nitrogens with zero attached hydrogens (tertiary/aromatic N) is 5. The Morgan fingerprint density at radius 3 is 2.35 bits per heavy atom. The molecular weight excluding hydrogens is 1060 g/mol. The first kappa shape index (κ1) is 58.1. The van der Waals surface area contributed by atoms with Gasteiger partial charge in [-0.05, 0) is 117 Å². The lowest BCUT2D eigenvalue weighted by Crippen LogP contribution is -2.48. The number of alkyl halides is 3. The lowest BCUT2D eigenvalue weighted by Gasteiger charge is -2.41. The Morgan fingerprint density at radius 2 is 1.62 bits per heavy atom. The molecule has 77 heavy (non-hydrogen) atoms.